The number of amides is 1. The molecule has 0 saturated carbocycles. The van der Waals surface area contributed by atoms with Crippen LogP contribution in [0.15, 0.2) is 34.2 Å². The van der Waals surface area contributed by atoms with Crippen molar-refractivity contribution < 1.29 is 18.3 Å². The predicted molar refractivity (Wildman–Crippen MR) is 79.8 cm³/mol. The molecule has 23 heavy (non-hydrogen) atoms. The van der Waals surface area contributed by atoms with Crippen molar-refractivity contribution in [3.63, 3.8) is 0 Å². The van der Waals surface area contributed by atoms with E-state index in [4.69, 9.17) is 0 Å². The molecule has 10 heteroatoms. The number of rotatable bonds is 6. The first-order chi connectivity index (χ1) is 10.9. The molecular formula is C13H12F2N4O3S. The van der Waals surface area contributed by atoms with Crippen molar-refractivity contribution in [3.8, 4) is 5.75 Å². The fourth-order valence-corrected chi connectivity index (χ4v) is 2.10. The first kappa shape index (κ1) is 16.9. The molecule has 1 heterocycles. The standard InChI is InChI=1S/C13H12F2N4O3S/c1-7-11(21)17-13(19-18-7)23-6-10(20)16-8-2-4-9(5-3-8)22-12(14)15/h2-5,12H,6H2,1H3,(H,16,20)(H,17,19,21). The molecule has 2 aromatic rings. The summed E-state index contributed by atoms with van der Waals surface area (Å²) in [6.45, 7) is -1.38. The lowest BCUT2D eigenvalue weighted by Gasteiger charge is -2.07. The number of hydrogen-bond acceptors (Lipinski definition) is 6. The number of thioether (sulfide) groups is 1. The highest BCUT2D eigenvalue weighted by Gasteiger charge is 2.08. The van der Waals surface area contributed by atoms with Gasteiger partial charge >= 0.3 is 6.61 Å². The number of carbonyl (C=O) groups excluding carboxylic acids is 1. The third-order valence-electron chi connectivity index (χ3n) is 2.54. The van der Waals surface area contributed by atoms with Gasteiger partial charge in [-0.2, -0.15) is 8.78 Å². The quantitative estimate of drug-likeness (QED) is 0.777. The number of halogens is 2. The van der Waals surface area contributed by atoms with E-state index in [-0.39, 0.29) is 33.8 Å². The summed E-state index contributed by atoms with van der Waals surface area (Å²) in [6, 6.07) is 5.51. The number of H-pyrrole nitrogens is 1. The van der Waals surface area contributed by atoms with Gasteiger partial charge in [-0.3, -0.25) is 14.6 Å². The van der Waals surface area contributed by atoms with Crippen molar-refractivity contribution in [2.24, 2.45) is 0 Å². The Kier molecular flexibility index (Phi) is 5.63. The third-order valence-corrected chi connectivity index (χ3v) is 3.41. The van der Waals surface area contributed by atoms with Gasteiger partial charge in [-0.25, -0.2) is 0 Å². The molecule has 1 aromatic carbocycles. The van der Waals surface area contributed by atoms with Gasteiger partial charge in [0.1, 0.15) is 11.4 Å². The molecule has 0 saturated heterocycles. The molecule has 0 spiro atoms. The third kappa shape index (κ3) is 5.33. The van der Waals surface area contributed by atoms with Crippen molar-refractivity contribution in [1.82, 2.24) is 15.2 Å². The molecule has 0 aliphatic carbocycles. The zero-order chi connectivity index (χ0) is 16.8. The summed E-state index contributed by atoms with van der Waals surface area (Å²) < 4.78 is 28.2. The average Bonchev–Trinajstić information content (AvgIpc) is 2.50. The zero-order valence-electron chi connectivity index (χ0n) is 11.9. The van der Waals surface area contributed by atoms with E-state index in [2.05, 4.69) is 25.2 Å². The van der Waals surface area contributed by atoms with Crippen LogP contribution in [0.5, 0.6) is 5.75 Å². The first-order valence-electron chi connectivity index (χ1n) is 6.35. The van der Waals surface area contributed by atoms with Crippen LogP contribution in [-0.2, 0) is 4.79 Å². The number of anilines is 1. The summed E-state index contributed by atoms with van der Waals surface area (Å²) in [7, 11) is 0. The minimum absolute atomic E-state index is 0.000112. The van der Waals surface area contributed by atoms with Crippen molar-refractivity contribution >= 4 is 23.4 Å². The average molecular weight is 342 g/mol. The van der Waals surface area contributed by atoms with E-state index >= 15 is 0 Å². The second kappa shape index (κ2) is 7.68. The van der Waals surface area contributed by atoms with Crippen molar-refractivity contribution in [2.75, 3.05) is 11.1 Å². The molecule has 0 unspecified atom stereocenters. The van der Waals surface area contributed by atoms with Crippen LogP contribution in [0, 0.1) is 6.92 Å². The van der Waals surface area contributed by atoms with Crippen LogP contribution in [0.3, 0.4) is 0 Å². The van der Waals surface area contributed by atoms with Gasteiger partial charge in [0.15, 0.2) is 5.16 Å². The van der Waals surface area contributed by atoms with Crippen LogP contribution < -0.4 is 15.6 Å². The molecule has 0 bridgehead atoms. The van der Waals surface area contributed by atoms with Crippen LogP contribution in [0.1, 0.15) is 5.69 Å². The summed E-state index contributed by atoms with van der Waals surface area (Å²) in [5, 5.41) is 10.2. The molecule has 0 fully saturated rings. The molecule has 1 aromatic heterocycles. The number of benzene rings is 1. The summed E-state index contributed by atoms with van der Waals surface area (Å²) in [6.07, 6.45) is 0. The molecule has 0 aliphatic heterocycles. The Balaban J connectivity index is 1.86. The van der Waals surface area contributed by atoms with Gasteiger partial charge in [-0.05, 0) is 31.2 Å². The molecule has 122 valence electrons. The van der Waals surface area contributed by atoms with Crippen molar-refractivity contribution in [2.45, 2.75) is 18.7 Å². The van der Waals surface area contributed by atoms with E-state index in [9.17, 15) is 18.4 Å². The van der Waals surface area contributed by atoms with Gasteiger partial charge in [0.05, 0.1) is 5.75 Å². The number of hydrogen-bond donors (Lipinski definition) is 2. The fraction of sp³-hybridized carbons (Fsp3) is 0.231. The van der Waals surface area contributed by atoms with Crippen LogP contribution >= 0.6 is 11.8 Å². The van der Waals surface area contributed by atoms with E-state index in [1.54, 1.807) is 0 Å². The summed E-state index contributed by atoms with van der Waals surface area (Å²) in [5.74, 6) is -0.344. The van der Waals surface area contributed by atoms with Crippen molar-refractivity contribution in [3.05, 3.63) is 40.3 Å². The van der Waals surface area contributed by atoms with E-state index in [1.165, 1.54) is 31.2 Å². The molecule has 0 aliphatic rings. The maximum atomic E-state index is 12.0. The Hall–Kier alpha value is -2.49. The maximum Gasteiger partial charge on any atom is 0.387 e. The smallest absolute Gasteiger partial charge is 0.387 e. The Morgan fingerprint density at radius 2 is 2.04 bits per heavy atom. The number of carbonyl (C=O) groups is 1. The number of nitrogens with zero attached hydrogens (tertiary/aromatic N) is 2. The Labute approximate surface area is 133 Å². The van der Waals surface area contributed by atoms with Crippen LogP contribution in [-0.4, -0.2) is 33.5 Å². The SMILES string of the molecule is Cc1nnc(SCC(=O)Nc2ccc(OC(F)F)cc2)[nH]c1=O. The van der Waals surface area contributed by atoms with Crippen LogP contribution in [0.25, 0.3) is 0 Å². The van der Waals surface area contributed by atoms with E-state index in [1.807, 2.05) is 0 Å². The Morgan fingerprint density at radius 3 is 2.65 bits per heavy atom. The normalized spacial score (nSPS) is 10.6. The zero-order valence-corrected chi connectivity index (χ0v) is 12.7. The summed E-state index contributed by atoms with van der Waals surface area (Å²) >= 11 is 1.02. The number of aromatic amines is 1. The highest BCUT2D eigenvalue weighted by atomic mass is 32.2. The van der Waals surface area contributed by atoms with Gasteiger partial charge in [0.25, 0.3) is 5.56 Å². The second-order valence-electron chi connectivity index (χ2n) is 4.28. The second-order valence-corrected chi connectivity index (χ2v) is 5.25. The lowest BCUT2D eigenvalue weighted by molar-refractivity contribution is -0.113. The molecule has 7 nitrogen and oxygen atoms in total. The lowest BCUT2D eigenvalue weighted by atomic mass is 10.3. The first-order valence-corrected chi connectivity index (χ1v) is 7.34. The minimum atomic E-state index is -2.90. The number of aryl methyl sites for hydroxylation is 1. The monoisotopic (exact) mass is 342 g/mol. The molecule has 2 N–H and O–H groups in total. The molecular weight excluding hydrogens is 330 g/mol. The number of aromatic nitrogens is 3. The summed E-state index contributed by atoms with van der Waals surface area (Å²) in [4.78, 5) is 25.6. The molecule has 0 atom stereocenters. The minimum Gasteiger partial charge on any atom is -0.435 e. The highest BCUT2D eigenvalue weighted by Crippen LogP contribution is 2.18. The molecule has 0 radical (unpaired) electrons. The molecule has 1 amide bonds. The molecule has 2 rings (SSSR count). The topological polar surface area (TPSA) is 97.0 Å². The van der Waals surface area contributed by atoms with E-state index in [0.29, 0.717) is 5.69 Å². The number of ether oxygens (including phenoxy) is 1. The van der Waals surface area contributed by atoms with E-state index in [0.717, 1.165) is 11.8 Å². The van der Waals surface area contributed by atoms with Crippen molar-refractivity contribution in [1.29, 1.82) is 0 Å². The predicted octanol–water partition coefficient (Wildman–Crippen LogP) is 1.81. The van der Waals surface area contributed by atoms with Gasteiger partial charge in [0.2, 0.25) is 5.91 Å². The largest absolute Gasteiger partial charge is 0.435 e. The fourth-order valence-electron chi connectivity index (χ4n) is 1.49. The highest BCUT2D eigenvalue weighted by molar-refractivity contribution is 7.99. The van der Waals surface area contributed by atoms with Gasteiger partial charge in [-0.1, -0.05) is 11.8 Å². The maximum absolute atomic E-state index is 12.0. The van der Waals surface area contributed by atoms with Gasteiger partial charge in [-0.15, -0.1) is 10.2 Å². The number of alkyl halides is 2. The van der Waals surface area contributed by atoms with Gasteiger partial charge < -0.3 is 10.1 Å². The number of nitrogens with one attached hydrogen (secondary N) is 2. The Bertz CT molecular complexity index is 737. The summed E-state index contributed by atoms with van der Waals surface area (Å²) in [5.41, 5.74) is 0.308. The lowest BCUT2D eigenvalue weighted by Crippen LogP contribution is -2.17. The van der Waals surface area contributed by atoms with Crippen LogP contribution in [0.4, 0.5) is 14.5 Å². The Morgan fingerprint density at radius 1 is 1.35 bits per heavy atom. The van der Waals surface area contributed by atoms with Gasteiger partial charge in [0, 0.05) is 5.69 Å². The van der Waals surface area contributed by atoms with E-state index < -0.39 is 6.61 Å². The van der Waals surface area contributed by atoms with Crippen LogP contribution in [0.2, 0.25) is 0 Å².